The molecule has 4 rings (SSSR count). The van der Waals surface area contributed by atoms with Gasteiger partial charge in [0.15, 0.2) is 5.82 Å². The van der Waals surface area contributed by atoms with E-state index in [1.165, 1.54) is 10.6 Å². The minimum Gasteiger partial charge on any atom is -0.460 e. The number of hydrogen-bond acceptors (Lipinski definition) is 6. The summed E-state index contributed by atoms with van der Waals surface area (Å²) in [6, 6.07) is 11.9. The van der Waals surface area contributed by atoms with Crippen LogP contribution in [0.4, 0.5) is 10.3 Å². The zero-order chi connectivity index (χ0) is 24.3. The predicted octanol–water partition coefficient (Wildman–Crippen LogP) is 4.75. The number of ether oxygens (including phenoxy) is 1. The summed E-state index contributed by atoms with van der Waals surface area (Å²) in [6.45, 7) is 5.58. The number of pyridine rings is 1. The lowest BCUT2D eigenvalue weighted by Gasteiger charge is -2.30. The maximum Gasteiger partial charge on any atom is 0.309 e. The molecule has 178 valence electrons. The molecule has 1 N–H and O–H groups in total. The van der Waals surface area contributed by atoms with Crippen molar-refractivity contribution in [2.45, 2.75) is 58.1 Å². The number of esters is 1. The van der Waals surface area contributed by atoms with Crippen molar-refractivity contribution in [1.29, 1.82) is 0 Å². The van der Waals surface area contributed by atoms with Crippen molar-refractivity contribution in [3.05, 3.63) is 71.0 Å². The van der Waals surface area contributed by atoms with E-state index in [0.29, 0.717) is 23.6 Å². The van der Waals surface area contributed by atoms with Crippen LogP contribution in [0.15, 0.2) is 59.7 Å². The molecule has 1 aromatic carbocycles. The molecule has 0 radical (unpaired) electrons. The molecule has 34 heavy (non-hydrogen) atoms. The summed E-state index contributed by atoms with van der Waals surface area (Å²) in [5.74, 6) is -0.633. The van der Waals surface area contributed by atoms with Gasteiger partial charge in [-0.25, -0.2) is 14.4 Å². The Hall–Kier alpha value is -3.55. The first-order chi connectivity index (χ1) is 16.2. The number of carbonyl (C=O) groups is 1. The molecule has 0 bridgehead atoms. The Morgan fingerprint density at radius 2 is 2.00 bits per heavy atom. The Morgan fingerprint density at radius 3 is 2.76 bits per heavy atom. The van der Waals surface area contributed by atoms with E-state index in [9.17, 15) is 14.0 Å². The van der Waals surface area contributed by atoms with Crippen molar-refractivity contribution in [2.24, 2.45) is 5.92 Å². The number of benzene rings is 1. The first-order valence-electron chi connectivity index (χ1n) is 11.5. The lowest BCUT2D eigenvalue weighted by atomic mass is 9.85. The Bertz CT molecular complexity index is 1230. The van der Waals surface area contributed by atoms with Crippen LogP contribution in [0.5, 0.6) is 0 Å². The third-order valence-electron chi connectivity index (χ3n) is 5.71. The van der Waals surface area contributed by atoms with Gasteiger partial charge in [-0.1, -0.05) is 24.6 Å². The van der Waals surface area contributed by atoms with E-state index in [4.69, 9.17) is 4.74 Å². The summed E-state index contributed by atoms with van der Waals surface area (Å²) in [4.78, 5) is 33.2. The molecule has 2 atom stereocenters. The highest BCUT2D eigenvalue weighted by molar-refractivity contribution is 5.73. The fourth-order valence-electron chi connectivity index (χ4n) is 4.19. The number of hydrogen-bond donors (Lipinski definition) is 1. The van der Waals surface area contributed by atoms with Crippen molar-refractivity contribution >= 4 is 11.9 Å². The van der Waals surface area contributed by atoms with Gasteiger partial charge in [0, 0.05) is 29.6 Å². The minimum atomic E-state index is -0.557. The van der Waals surface area contributed by atoms with Crippen LogP contribution < -0.4 is 10.9 Å². The molecule has 0 unspecified atom stereocenters. The first-order valence-corrected chi connectivity index (χ1v) is 11.5. The summed E-state index contributed by atoms with van der Waals surface area (Å²) < 4.78 is 21.7. The van der Waals surface area contributed by atoms with E-state index in [0.717, 1.165) is 25.5 Å². The third kappa shape index (κ3) is 5.68. The summed E-state index contributed by atoms with van der Waals surface area (Å²) in [7, 11) is 0. The van der Waals surface area contributed by atoms with Gasteiger partial charge in [-0.15, -0.1) is 0 Å². The minimum absolute atomic E-state index is 0.0150. The van der Waals surface area contributed by atoms with Crippen molar-refractivity contribution in [2.75, 3.05) is 5.32 Å². The molecule has 7 nitrogen and oxygen atoms in total. The Balaban J connectivity index is 1.53. The number of halogens is 1. The predicted molar refractivity (Wildman–Crippen MR) is 128 cm³/mol. The molecular formula is C26H29FN4O3. The quantitative estimate of drug-likeness (QED) is 0.549. The standard InChI is InChI=1S/C26H29FN4O3/c1-26(2,3)34-24(33)18-9-6-10-19(14-18)29-25-28-16-21(27)23(30-25)17-8-7-11-20(15-17)31-13-5-4-12-22(31)32/h4-5,7-8,11-13,15-16,18-19H,6,9-10,14H2,1-3H3,(H,28,29,30)/t18-,19+/m0/s1. The van der Waals surface area contributed by atoms with Crippen molar-refractivity contribution < 1.29 is 13.9 Å². The summed E-state index contributed by atoms with van der Waals surface area (Å²) in [5.41, 5.74) is 0.589. The van der Waals surface area contributed by atoms with Crippen LogP contribution in [-0.2, 0) is 9.53 Å². The zero-order valence-electron chi connectivity index (χ0n) is 19.6. The molecule has 1 aliphatic rings. The average Bonchev–Trinajstić information content (AvgIpc) is 2.80. The van der Waals surface area contributed by atoms with Gasteiger partial charge in [-0.3, -0.25) is 14.2 Å². The Labute approximate surface area is 198 Å². The van der Waals surface area contributed by atoms with E-state index in [2.05, 4.69) is 15.3 Å². The highest BCUT2D eigenvalue weighted by atomic mass is 19.1. The molecule has 1 aliphatic carbocycles. The van der Waals surface area contributed by atoms with Gasteiger partial charge in [0.2, 0.25) is 5.95 Å². The smallest absolute Gasteiger partial charge is 0.309 e. The van der Waals surface area contributed by atoms with Crippen molar-refractivity contribution in [1.82, 2.24) is 14.5 Å². The number of carbonyl (C=O) groups excluding carboxylic acids is 1. The SMILES string of the molecule is CC(C)(C)OC(=O)[C@H]1CCC[C@@H](Nc2ncc(F)c(-c3cccc(-n4ccccc4=O)c3)n2)C1. The molecule has 1 saturated carbocycles. The molecule has 2 aromatic heterocycles. The Kier molecular flexibility index (Phi) is 6.77. The van der Waals surface area contributed by atoms with Crippen LogP contribution in [0.3, 0.4) is 0 Å². The van der Waals surface area contributed by atoms with Gasteiger partial charge in [-0.2, -0.15) is 0 Å². The largest absolute Gasteiger partial charge is 0.460 e. The molecule has 0 aliphatic heterocycles. The van der Waals surface area contributed by atoms with Crippen molar-refractivity contribution in [3.63, 3.8) is 0 Å². The molecule has 2 heterocycles. The average molecular weight is 465 g/mol. The lowest BCUT2D eigenvalue weighted by Crippen LogP contribution is -2.35. The van der Waals surface area contributed by atoms with Crippen LogP contribution in [0.25, 0.3) is 16.9 Å². The lowest BCUT2D eigenvalue weighted by molar-refractivity contribution is -0.161. The van der Waals surface area contributed by atoms with E-state index in [1.54, 1.807) is 42.6 Å². The highest BCUT2D eigenvalue weighted by Gasteiger charge is 2.31. The zero-order valence-corrected chi connectivity index (χ0v) is 19.6. The fourth-order valence-corrected chi connectivity index (χ4v) is 4.19. The van der Waals surface area contributed by atoms with Crippen LogP contribution in [0.1, 0.15) is 46.5 Å². The maximum atomic E-state index is 14.7. The summed E-state index contributed by atoms with van der Waals surface area (Å²) in [6.07, 6.45) is 5.94. The maximum absolute atomic E-state index is 14.7. The van der Waals surface area contributed by atoms with Gasteiger partial charge < -0.3 is 10.1 Å². The van der Waals surface area contributed by atoms with Gasteiger partial charge in [0.25, 0.3) is 5.56 Å². The molecular weight excluding hydrogens is 435 g/mol. The van der Waals surface area contributed by atoms with E-state index in [1.807, 2.05) is 20.8 Å². The summed E-state index contributed by atoms with van der Waals surface area (Å²) >= 11 is 0. The van der Waals surface area contributed by atoms with Crippen LogP contribution in [0, 0.1) is 11.7 Å². The van der Waals surface area contributed by atoms with E-state index in [-0.39, 0.29) is 29.2 Å². The number of aromatic nitrogens is 3. The molecule has 0 saturated heterocycles. The fraction of sp³-hybridized carbons (Fsp3) is 0.385. The van der Waals surface area contributed by atoms with Crippen LogP contribution >= 0.6 is 0 Å². The molecule has 0 amide bonds. The van der Waals surface area contributed by atoms with Gasteiger partial charge >= 0.3 is 5.97 Å². The number of nitrogens with zero attached hydrogens (tertiary/aromatic N) is 3. The van der Waals surface area contributed by atoms with E-state index < -0.39 is 11.4 Å². The van der Waals surface area contributed by atoms with Gasteiger partial charge in [-0.05, 0) is 58.2 Å². The number of rotatable bonds is 5. The molecule has 1 fully saturated rings. The number of anilines is 1. The topological polar surface area (TPSA) is 86.1 Å². The molecule has 8 heteroatoms. The first kappa shape index (κ1) is 23.6. The van der Waals surface area contributed by atoms with Gasteiger partial charge in [0.1, 0.15) is 11.3 Å². The van der Waals surface area contributed by atoms with Crippen LogP contribution in [0.2, 0.25) is 0 Å². The molecule has 0 spiro atoms. The normalized spacial score (nSPS) is 18.4. The highest BCUT2D eigenvalue weighted by Crippen LogP contribution is 2.29. The van der Waals surface area contributed by atoms with Crippen molar-refractivity contribution in [3.8, 4) is 16.9 Å². The van der Waals surface area contributed by atoms with Crippen LogP contribution in [-0.4, -0.2) is 32.1 Å². The second-order valence-electron chi connectivity index (χ2n) is 9.59. The monoisotopic (exact) mass is 464 g/mol. The van der Waals surface area contributed by atoms with E-state index >= 15 is 0 Å². The third-order valence-corrected chi connectivity index (χ3v) is 5.71. The van der Waals surface area contributed by atoms with Gasteiger partial charge in [0.05, 0.1) is 12.1 Å². The molecule has 3 aromatic rings. The Morgan fingerprint density at radius 1 is 1.18 bits per heavy atom. The summed E-state index contributed by atoms with van der Waals surface area (Å²) in [5, 5.41) is 3.27. The number of nitrogens with one attached hydrogen (secondary N) is 1. The second kappa shape index (κ2) is 9.75. The second-order valence-corrected chi connectivity index (χ2v) is 9.59.